The molecule has 11 nitrogen and oxygen atoms in total. The van der Waals surface area contributed by atoms with Crippen LogP contribution in [-0.4, -0.2) is 52.1 Å². The SMILES string of the molecule is Cc1cccc(C)c1-c1cc(OCC(CC(C)(C)C)NCc2nccc(Cl)n2)nc(NS(=O)(=O)c2cccc(C(=O)O)c2)n1. The van der Waals surface area contributed by atoms with Crippen LogP contribution in [0.25, 0.3) is 11.3 Å². The number of aryl methyl sites for hydroxylation is 2. The average Bonchev–Trinajstić information content (AvgIpc) is 2.93. The molecule has 0 saturated heterocycles. The molecule has 2 aromatic carbocycles. The van der Waals surface area contributed by atoms with Crippen molar-refractivity contribution in [2.45, 2.75) is 58.5 Å². The van der Waals surface area contributed by atoms with E-state index in [4.69, 9.17) is 16.3 Å². The topological polar surface area (TPSA) is 156 Å². The van der Waals surface area contributed by atoms with E-state index in [1.807, 2.05) is 32.0 Å². The first-order chi connectivity index (χ1) is 20.7. The van der Waals surface area contributed by atoms with Crippen molar-refractivity contribution in [3.8, 4) is 17.1 Å². The number of halogens is 1. The summed E-state index contributed by atoms with van der Waals surface area (Å²) in [5.41, 5.74) is 2.95. The molecule has 0 bridgehead atoms. The smallest absolute Gasteiger partial charge is 0.335 e. The van der Waals surface area contributed by atoms with Crippen LogP contribution in [0.1, 0.15) is 54.5 Å². The number of aromatic nitrogens is 4. The van der Waals surface area contributed by atoms with Crippen molar-refractivity contribution >= 4 is 33.5 Å². The van der Waals surface area contributed by atoms with Gasteiger partial charge in [0.05, 0.1) is 22.7 Å². The Kier molecular flexibility index (Phi) is 10.2. The molecule has 2 aromatic heterocycles. The lowest BCUT2D eigenvalue weighted by atomic mass is 9.88. The van der Waals surface area contributed by atoms with E-state index in [1.165, 1.54) is 18.2 Å². The predicted octanol–water partition coefficient (Wildman–Crippen LogP) is 5.68. The number of ether oxygens (including phenoxy) is 1. The Morgan fingerprint density at radius 1 is 1.02 bits per heavy atom. The third kappa shape index (κ3) is 8.94. The summed E-state index contributed by atoms with van der Waals surface area (Å²) in [6.45, 7) is 10.8. The lowest BCUT2D eigenvalue weighted by Crippen LogP contribution is -2.38. The summed E-state index contributed by atoms with van der Waals surface area (Å²) in [4.78, 5) is 28.6. The molecule has 0 aliphatic heterocycles. The van der Waals surface area contributed by atoms with Crippen molar-refractivity contribution < 1.29 is 23.1 Å². The normalized spacial score (nSPS) is 12.5. The van der Waals surface area contributed by atoms with Gasteiger partial charge in [-0.15, -0.1) is 0 Å². The van der Waals surface area contributed by atoms with Gasteiger partial charge in [0.1, 0.15) is 17.6 Å². The van der Waals surface area contributed by atoms with Gasteiger partial charge in [-0.3, -0.25) is 0 Å². The van der Waals surface area contributed by atoms with Gasteiger partial charge < -0.3 is 15.2 Å². The van der Waals surface area contributed by atoms with Crippen LogP contribution < -0.4 is 14.8 Å². The lowest BCUT2D eigenvalue weighted by Gasteiger charge is -2.27. The molecule has 0 spiro atoms. The maximum atomic E-state index is 13.3. The van der Waals surface area contributed by atoms with Gasteiger partial charge in [-0.1, -0.05) is 56.6 Å². The Balaban J connectivity index is 1.66. The van der Waals surface area contributed by atoms with Crippen LogP contribution >= 0.6 is 11.6 Å². The van der Waals surface area contributed by atoms with Gasteiger partial charge in [-0.05, 0) is 61.1 Å². The number of anilines is 1. The van der Waals surface area contributed by atoms with Gasteiger partial charge >= 0.3 is 5.97 Å². The van der Waals surface area contributed by atoms with Crippen LogP contribution in [0.2, 0.25) is 5.15 Å². The number of benzene rings is 2. The van der Waals surface area contributed by atoms with E-state index in [0.717, 1.165) is 29.2 Å². The quantitative estimate of drug-likeness (QED) is 0.165. The van der Waals surface area contributed by atoms with Gasteiger partial charge in [-0.25, -0.2) is 32.9 Å². The fraction of sp³-hybridized carbons (Fsp3) is 0.323. The first-order valence-corrected chi connectivity index (χ1v) is 15.7. The van der Waals surface area contributed by atoms with E-state index in [2.05, 4.69) is 50.7 Å². The second-order valence-electron chi connectivity index (χ2n) is 11.6. The maximum absolute atomic E-state index is 13.3. The number of carboxylic acids is 1. The number of rotatable bonds is 12. The van der Waals surface area contributed by atoms with Crippen molar-refractivity contribution in [3.63, 3.8) is 0 Å². The van der Waals surface area contributed by atoms with E-state index in [9.17, 15) is 18.3 Å². The highest BCUT2D eigenvalue weighted by Crippen LogP contribution is 2.30. The summed E-state index contributed by atoms with van der Waals surface area (Å²) in [6, 6.07) is 14.0. The molecule has 0 aliphatic carbocycles. The van der Waals surface area contributed by atoms with E-state index in [1.54, 1.807) is 18.3 Å². The monoisotopic (exact) mass is 638 g/mol. The van der Waals surface area contributed by atoms with Crippen LogP contribution in [-0.2, 0) is 16.6 Å². The fourth-order valence-electron chi connectivity index (χ4n) is 4.68. The van der Waals surface area contributed by atoms with Crippen LogP contribution in [0.5, 0.6) is 5.88 Å². The van der Waals surface area contributed by atoms with Crippen molar-refractivity contribution in [2.75, 3.05) is 11.3 Å². The molecule has 44 heavy (non-hydrogen) atoms. The summed E-state index contributed by atoms with van der Waals surface area (Å²) in [6.07, 6.45) is 2.33. The molecule has 0 aliphatic rings. The lowest BCUT2D eigenvalue weighted by molar-refractivity contribution is 0.0696. The van der Waals surface area contributed by atoms with Gasteiger partial charge in [0.15, 0.2) is 0 Å². The van der Waals surface area contributed by atoms with Crippen LogP contribution in [0.4, 0.5) is 5.95 Å². The standard InChI is InChI=1S/C31H35ClN6O5S/c1-19-8-6-9-20(2)28(19)24-15-27(37-30(35-24)38-44(41,42)23-11-7-10-21(14-23)29(39)40)43-18-22(16-31(3,4)5)34-17-26-33-13-12-25(32)36-26/h6-15,22,34H,16-18H2,1-5H3,(H,39,40)(H,35,37,38). The van der Waals surface area contributed by atoms with Gasteiger partial charge in [0.25, 0.3) is 10.0 Å². The molecule has 3 N–H and O–H groups in total. The third-order valence-electron chi connectivity index (χ3n) is 6.57. The van der Waals surface area contributed by atoms with Crippen LogP contribution in [0, 0.1) is 19.3 Å². The third-order valence-corrected chi connectivity index (χ3v) is 8.10. The first-order valence-electron chi connectivity index (χ1n) is 13.9. The summed E-state index contributed by atoms with van der Waals surface area (Å²) >= 11 is 6.02. The number of sulfonamides is 1. The van der Waals surface area contributed by atoms with Crippen molar-refractivity contribution in [3.05, 3.63) is 88.5 Å². The number of hydrogen-bond acceptors (Lipinski definition) is 9. The van der Waals surface area contributed by atoms with Crippen molar-refractivity contribution in [2.24, 2.45) is 5.41 Å². The molecule has 0 radical (unpaired) electrons. The minimum Gasteiger partial charge on any atom is -0.478 e. The van der Waals surface area contributed by atoms with Crippen LogP contribution in [0.3, 0.4) is 0 Å². The Bertz CT molecular complexity index is 1740. The predicted molar refractivity (Wildman–Crippen MR) is 168 cm³/mol. The van der Waals surface area contributed by atoms with Crippen molar-refractivity contribution in [1.29, 1.82) is 0 Å². The zero-order valence-electron chi connectivity index (χ0n) is 25.1. The molecule has 0 saturated carbocycles. The molecule has 1 atom stereocenters. The number of carboxylic acid groups (broad SMARTS) is 1. The number of nitrogens with zero attached hydrogens (tertiary/aromatic N) is 4. The largest absolute Gasteiger partial charge is 0.478 e. The molecule has 4 rings (SSSR count). The molecular weight excluding hydrogens is 604 g/mol. The Morgan fingerprint density at radius 2 is 1.73 bits per heavy atom. The van der Waals surface area contributed by atoms with E-state index in [0.29, 0.717) is 23.2 Å². The maximum Gasteiger partial charge on any atom is 0.335 e. The molecule has 232 valence electrons. The number of aromatic carboxylic acids is 1. The van der Waals surface area contributed by atoms with E-state index < -0.39 is 16.0 Å². The van der Waals surface area contributed by atoms with Crippen molar-refractivity contribution in [1.82, 2.24) is 25.3 Å². The van der Waals surface area contributed by atoms with Gasteiger partial charge in [-0.2, -0.15) is 4.98 Å². The summed E-state index contributed by atoms with van der Waals surface area (Å²) in [7, 11) is -4.23. The zero-order valence-corrected chi connectivity index (χ0v) is 26.7. The minimum atomic E-state index is -4.23. The highest BCUT2D eigenvalue weighted by Gasteiger charge is 2.22. The molecular formula is C31H35ClN6O5S. The number of hydrogen-bond donors (Lipinski definition) is 3. The molecule has 0 fully saturated rings. The fourth-order valence-corrected chi connectivity index (χ4v) is 5.82. The summed E-state index contributed by atoms with van der Waals surface area (Å²) in [5, 5.41) is 13.1. The Morgan fingerprint density at radius 3 is 2.39 bits per heavy atom. The van der Waals surface area contributed by atoms with E-state index >= 15 is 0 Å². The highest BCUT2D eigenvalue weighted by molar-refractivity contribution is 7.92. The molecule has 4 aromatic rings. The average molecular weight is 639 g/mol. The number of carbonyl (C=O) groups is 1. The Hall–Kier alpha value is -4.13. The zero-order chi connectivity index (χ0) is 32.1. The second-order valence-corrected chi connectivity index (χ2v) is 13.6. The molecule has 2 heterocycles. The minimum absolute atomic E-state index is 0.0450. The molecule has 1 unspecified atom stereocenters. The van der Waals surface area contributed by atoms with Gasteiger partial charge in [0.2, 0.25) is 11.8 Å². The van der Waals surface area contributed by atoms with E-state index in [-0.39, 0.29) is 40.4 Å². The number of nitrogens with one attached hydrogen (secondary N) is 2. The summed E-state index contributed by atoms with van der Waals surface area (Å²) < 4.78 is 35.1. The van der Waals surface area contributed by atoms with Crippen LogP contribution in [0.15, 0.2) is 65.7 Å². The highest BCUT2D eigenvalue weighted by atomic mass is 35.5. The second kappa shape index (κ2) is 13.7. The first kappa shape index (κ1) is 32.8. The van der Waals surface area contributed by atoms with Gasteiger partial charge in [0, 0.05) is 23.9 Å². The molecule has 13 heteroatoms. The molecule has 0 amide bonds. The Labute approximate surface area is 262 Å². The summed E-state index contributed by atoms with van der Waals surface area (Å²) in [5.74, 6) is -0.756.